The fourth-order valence-corrected chi connectivity index (χ4v) is 2.71. The predicted octanol–water partition coefficient (Wildman–Crippen LogP) is 1.47. The fourth-order valence-electron chi connectivity index (χ4n) is 2.13. The van der Waals surface area contributed by atoms with Gasteiger partial charge in [-0.05, 0) is 35.6 Å². The van der Waals surface area contributed by atoms with Gasteiger partial charge in [0.1, 0.15) is 5.60 Å². The van der Waals surface area contributed by atoms with Crippen LogP contribution < -0.4 is 5.32 Å². The molecule has 1 aliphatic rings. The lowest BCUT2D eigenvalue weighted by Crippen LogP contribution is -2.47. The number of carbonyl (C=O) groups is 1. The fraction of sp³-hybridized carbons (Fsp3) is 0.462. The van der Waals surface area contributed by atoms with Crippen LogP contribution in [0.5, 0.6) is 0 Å². The molecule has 1 amide bonds. The lowest BCUT2D eigenvalue weighted by molar-refractivity contribution is -0.384. The third-order valence-corrected chi connectivity index (χ3v) is 4.56. The average molecular weight is 406 g/mol. The third-order valence-electron chi connectivity index (χ3n) is 3.62. The summed E-state index contributed by atoms with van der Waals surface area (Å²) in [5.41, 5.74) is -1.02. The predicted molar refractivity (Wildman–Crippen MR) is 83.1 cm³/mol. The Hall–Kier alpha value is -1.26. The molecule has 1 aromatic rings. The van der Waals surface area contributed by atoms with Gasteiger partial charge in [-0.2, -0.15) is 0 Å². The molecule has 1 fully saturated rings. The van der Waals surface area contributed by atoms with Gasteiger partial charge >= 0.3 is 0 Å². The molecule has 0 aliphatic carbocycles. The molecule has 2 N–H and O–H groups in total. The second-order valence-electron chi connectivity index (χ2n) is 4.97. The van der Waals surface area contributed by atoms with Crippen molar-refractivity contribution in [2.45, 2.75) is 25.0 Å². The monoisotopic (exact) mass is 406 g/mol. The molecule has 1 aromatic carbocycles. The second kappa shape index (κ2) is 6.24. The van der Waals surface area contributed by atoms with E-state index in [0.29, 0.717) is 16.6 Å². The molecular weight excluding hydrogens is 391 g/mol. The molecule has 2 rings (SSSR count). The van der Waals surface area contributed by atoms with Crippen molar-refractivity contribution in [2.24, 2.45) is 0 Å². The maximum Gasteiger partial charge on any atom is 0.270 e. The van der Waals surface area contributed by atoms with E-state index in [1.807, 2.05) is 22.6 Å². The van der Waals surface area contributed by atoms with Crippen LogP contribution in [-0.4, -0.2) is 40.8 Å². The molecule has 1 saturated heterocycles. The standard InChI is InChI=1S/C13H15IN2O5/c1-8-13(18,4-5-21-8)7-15-12(17)10-6-9(16(19)20)2-3-11(10)14/h2-3,6,8,18H,4-5,7H2,1H3,(H,15,17). The van der Waals surface area contributed by atoms with E-state index in [0.717, 1.165) is 0 Å². The van der Waals surface area contributed by atoms with Crippen LogP contribution in [0.4, 0.5) is 5.69 Å². The summed E-state index contributed by atoms with van der Waals surface area (Å²) in [5, 5.41) is 23.7. The number of nitrogens with zero attached hydrogens (tertiary/aromatic N) is 1. The Balaban J connectivity index is 2.10. The number of carbonyl (C=O) groups excluding carboxylic acids is 1. The Morgan fingerprint density at radius 1 is 1.67 bits per heavy atom. The number of nitro groups is 1. The van der Waals surface area contributed by atoms with Crippen molar-refractivity contribution in [2.75, 3.05) is 13.2 Å². The lowest BCUT2D eigenvalue weighted by Gasteiger charge is -2.26. The number of amides is 1. The molecule has 0 spiro atoms. The van der Waals surface area contributed by atoms with Crippen LogP contribution in [0, 0.1) is 13.7 Å². The minimum Gasteiger partial charge on any atom is -0.385 e. The van der Waals surface area contributed by atoms with E-state index in [1.165, 1.54) is 18.2 Å². The molecule has 1 heterocycles. The zero-order valence-corrected chi connectivity index (χ0v) is 13.5. The van der Waals surface area contributed by atoms with Crippen molar-refractivity contribution in [3.63, 3.8) is 0 Å². The van der Waals surface area contributed by atoms with Crippen LogP contribution in [0.3, 0.4) is 0 Å². The van der Waals surface area contributed by atoms with Gasteiger partial charge in [-0.25, -0.2) is 0 Å². The van der Waals surface area contributed by atoms with Gasteiger partial charge in [-0.1, -0.05) is 0 Å². The average Bonchev–Trinajstić information content (AvgIpc) is 2.77. The summed E-state index contributed by atoms with van der Waals surface area (Å²) in [6.45, 7) is 2.24. The number of aliphatic hydroxyl groups is 1. The highest BCUT2D eigenvalue weighted by molar-refractivity contribution is 14.1. The Kier molecular flexibility index (Phi) is 4.79. The highest BCUT2D eigenvalue weighted by atomic mass is 127. The normalized spacial score (nSPS) is 24.8. The molecule has 1 aliphatic heterocycles. The van der Waals surface area contributed by atoms with Crippen LogP contribution >= 0.6 is 22.6 Å². The summed E-state index contributed by atoms with van der Waals surface area (Å²) in [6.07, 6.45) is 0.0856. The summed E-state index contributed by atoms with van der Waals surface area (Å²) in [4.78, 5) is 22.4. The molecule has 0 aromatic heterocycles. The highest BCUT2D eigenvalue weighted by Crippen LogP contribution is 2.25. The molecule has 0 radical (unpaired) electrons. The van der Waals surface area contributed by atoms with Crippen molar-refractivity contribution in [1.82, 2.24) is 5.32 Å². The van der Waals surface area contributed by atoms with Crippen molar-refractivity contribution in [1.29, 1.82) is 0 Å². The van der Waals surface area contributed by atoms with Crippen molar-refractivity contribution in [3.05, 3.63) is 37.4 Å². The van der Waals surface area contributed by atoms with E-state index >= 15 is 0 Å². The van der Waals surface area contributed by atoms with Gasteiger partial charge in [0.25, 0.3) is 11.6 Å². The van der Waals surface area contributed by atoms with E-state index in [1.54, 1.807) is 6.92 Å². The van der Waals surface area contributed by atoms with Gasteiger partial charge in [0, 0.05) is 35.3 Å². The van der Waals surface area contributed by atoms with E-state index < -0.39 is 16.4 Å². The van der Waals surface area contributed by atoms with Gasteiger partial charge in [-0.3, -0.25) is 14.9 Å². The van der Waals surface area contributed by atoms with E-state index in [2.05, 4.69) is 5.32 Å². The van der Waals surface area contributed by atoms with E-state index in [-0.39, 0.29) is 23.9 Å². The third kappa shape index (κ3) is 3.50. The first-order valence-electron chi connectivity index (χ1n) is 6.39. The first kappa shape index (κ1) is 16.1. The number of nitrogens with one attached hydrogen (secondary N) is 1. The van der Waals surface area contributed by atoms with Crippen LogP contribution in [0.2, 0.25) is 0 Å². The number of benzene rings is 1. The molecular formula is C13H15IN2O5. The Morgan fingerprint density at radius 2 is 2.38 bits per heavy atom. The number of non-ortho nitro benzene ring substituents is 1. The van der Waals surface area contributed by atoms with Crippen molar-refractivity contribution in [3.8, 4) is 0 Å². The van der Waals surface area contributed by atoms with Crippen molar-refractivity contribution >= 4 is 34.2 Å². The molecule has 0 bridgehead atoms. The molecule has 7 nitrogen and oxygen atoms in total. The van der Waals surface area contributed by atoms with E-state index in [9.17, 15) is 20.0 Å². The number of nitro benzene ring substituents is 1. The molecule has 2 unspecified atom stereocenters. The molecule has 8 heteroatoms. The Bertz CT molecular complexity index is 580. The minimum absolute atomic E-state index is 0.0474. The minimum atomic E-state index is -1.10. The van der Waals surface area contributed by atoms with Crippen LogP contribution in [-0.2, 0) is 4.74 Å². The van der Waals surface area contributed by atoms with Gasteiger partial charge in [0.15, 0.2) is 0 Å². The first-order chi connectivity index (χ1) is 9.83. The number of hydrogen-bond donors (Lipinski definition) is 2. The summed E-state index contributed by atoms with van der Waals surface area (Å²) in [6, 6.07) is 4.10. The number of hydrogen-bond acceptors (Lipinski definition) is 5. The highest BCUT2D eigenvalue weighted by Gasteiger charge is 2.39. The number of halogens is 1. The maximum absolute atomic E-state index is 12.2. The summed E-state index contributed by atoms with van der Waals surface area (Å²) < 4.78 is 5.90. The number of ether oxygens (including phenoxy) is 1. The second-order valence-corrected chi connectivity index (χ2v) is 6.13. The molecule has 114 valence electrons. The van der Waals surface area contributed by atoms with Gasteiger partial charge in [0.05, 0.1) is 16.6 Å². The molecule has 2 atom stereocenters. The zero-order valence-electron chi connectivity index (χ0n) is 11.3. The quantitative estimate of drug-likeness (QED) is 0.448. The smallest absolute Gasteiger partial charge is 0.270 e. The largest absolute Gasteiger partial charge is 0.385 e. The van der Waals surface area contributed by atoms with Gasteiger partial charge in [0.2, 0.25) is 0 Å². The van der Waals surface area contributed by atoms with Gasteiger partial charge in [-0.15, -0.1) is 0 Å². The summed E-state index contributed by atoms with van der Waals surface area (Å²) in [5.74, 6) is -0.448. The van der Waals surface area contributed by atoms with Crippen LogP contribution in [0.25, 0.3) is 0 Å². The Morgan fingerprint density at radius 3 is 2.95 bits per heavy atom. The lowest BCUT2D eigenvalue weighted by atomic mass is 9.96. The first-order valence-corrected chi connectivity index (χ1v) is 7.47. The maximum atomic E-state index is 12.2. The molecule has 0 saturated carbocycles. The topological polar surface area (TPSA) is 102 Å². The van der Waals surface area contributed by atoms with Crippen LogP contribution in [0.15, 0.2) is 18.2 Å². The Labute approximate surface area is 135 Å². The number of rotatable bonds is 4. The summed E-state index contributed by atoms with van der Waals surface area (Å²) >= 11 is 1.94. The van der Waals surface area contributed by atoms with Crippen molar-refractivity contribution < 1.29 is 19.6 Å². The molecule has 21 heavy (non-hydrogen) atoms. The van der Waals surface area contributed by atoms with Crippen LogP contribution in [0.1, 0.15) is 23.7 Å². The summed E-state index contributed by atoms with van der Waals surface area (Å²) in [7, 11) is 0. The van der Waals surface area contributed by atoms with Gasteiger partial charge < -0.3 is 15.2 Å². The SMILES string of the molecule is CC1OCCC1(O)CNC(=O)c1cc([N+](=O)[O-])ccc1I. The zero-order chi connectivity index (χ0) is 15.6. The van der Waals surface area contributed by atoms with E-state index in [4.69, 9.17) is 4.74 Å².